The van der Waals surface area contributed by atoms with Crippen LogP contribution in [0.3, 0.4) is 0 Å². The molecule has 1 N–H and O–H groups in total. The summed E-state index contributed by atoms with van der Waals surface area (Å²) in [5.74, 6) is 1.98. The molecule has 0 saturated carbocycles. The van der Waals surface area contributed by atoms with Gasteiger partial charge >= 0.3 is 0 Å². The SMILES string of the molecule is CCOc1cc2c(cc1CNCc1cccn1C)OC(C)C2. The summed E-state index contributed by atoms with van der Waals surface area (Å²) in [7, 11) is 2.06. The fraction of sp³-hybridized carbons (Fsp3) is 0.444. The maximum atomic E-state index is 5.86. The molecule has 2 aromatic rings. The fourth-order valence-corrected chi connectivity index (χ4v) is 2.91. The zero-order valence-corrected chi connectivity index (χ0v) is 13.6. The Morgan fingerprint density at radius 1 is 1.36 bits per heavy atom. The highest BCUT2D eigenvalue weighted by Crippen LogP contribution is 2.35. The lowest BCUT2D eigenvalue weighted by Gasteiger charge is -2.13. The highest BCUT2D eigenvalue weighted by atomic mass is 16.5. The lowest BCUT2D eigenvalue weighted by atomic mass is 10.1. The molecule has 3 rings (SSSR count). The van der Waals surface area contributed by atoms with Crippen LogP contribution in [0, 0.1) is 0 Å². The van der Waals surface area contributed by atoms with Crippen LogP contribution in [0.2, 0.25) is 0 Å². The summed E-state index contributed by atoms with van der Waals surface area (Å²) < 4.78 is 13.8. The second-order valence-electron chi connectivity index (χ2n) is 5.85. The average molecular weight is 300 g/mol. The topological polar surface area (TPSA) is 35.4 Å². The Hall–Kier alpha value is -1.94. The van der Waals surface area contributed by atoms with Crippen LogP contribution in [0.25, 0.3) is 0 Å². The third kappa shape index (κ3) is 3.12. The molecule has 1 aliphatic rings. The van der Waals surface area contributed by atoms with Crippen LogP contribution < -0.4 is 14.8 Å². The van der Waals surface area contributed by atoms with E-state index in [1.165, 1.54) is 11.3 Å². The lowest BCUT2D eigenvalue weighted by Crippen LogP contribution is -2.15. The Morgan fingerprint density at radius 3 is 2.95 bits per heavy atom. The molecule has 4 nitrogen and oxygen atoms in total. The third-order valence-corrected chi connectivity index (χ3v) is 4.05. The zero-order valence-electron chi connectivity index (χ0n) is 13.6. The first-order valence-electron chi connectivity index (χ1n) is 7.93. The minimum Gasteiger partial charge on any atom is -0.494 e. The van der Waals surface area contributed by atoms with E-state index in [1.54, 1.807) is 0 Å². The van der Waals surface area contributed by atoms with E-state index in [0.29, 0.717) is 6.61 Å². The van der Waals surface area contributed by atoms with Crippen molar-refractivity contribution in [1.82, 2.24) is 9.88 Å². The average Bonchev–Trinajstić information content (AvgIpc) is 3.04. The van der Waals surface area contributed by atoms with Gasteiger partial charge in [0.15, 0.2) is 0 Å². The van der Waals surface area contributed by atoms with Gasteiger partial charge in [-0.2, -0.15) is 0 Å². The van der Waals surface area contributed by atoms with Gasteiger partial charge in [0.1, 0.15) is 17.6 Å². The molecule has 4 heteroatoms. The molecule has 22 heavy (non-hydrogen) atoms. The second-order valence-corrected chi connectivity index (χ2v) is 5.85. The lowest BCUT2D eigenvalue weighted by molar-refractivity contribution is 0.254. The molecule has 0 bridgehead atoms. The van der Waals surface area contributed by atoms with E-state index < -0.39 is 0 Å². The standard InChI is InChI=1S/C18H24N2O2/c1-4-21-17-9-14-8-13(2)22-18(14)10-15(17)11-19-12-16-6-5-7-20(16)3/h5-7,9-10,13,19H,4,8,11-12H2,1-3H3. The molecule has 118 valence electrons. The molecule has 0 fully saturated rings. The van der Waals surface area contributed by atoms with Gasteiger partial charge in [-0.25, -0.2) is 0 Å². The van der Waals surface area contributed by atoms with Crippen LogP contribution in [-0.2, 0) is 26.6 Å². The van der Waals surface area contributed by atoms with Crippen molar-refractivity contribution < 1.29 is 9.47 Å². The van der Waals surface area contributed by atoms with E-state index in [1.807, 2.05) is 6.92 Å². The van der Waals surface area contributed by atoms with Crippen molar-refractivity contribution in [3.8, 4) is 11.5 Å². The van der Waals surface area contributed by atoms with Crippen LogP contribution in [-0.4, -0.2) is 17.3 Å². The van der Waals surface area contributed by atoms with Crippen molar-refractivity contribution in [3.63, 3.8) is 0 Å². The van der Waals surface area contributed by atoms with Gasteiger partial charge < -0.3 is 19.4 Å². The number of hydrogen-bond acceptors (Lipinski definition) is 3. The van der Waals surface area contributed by atoms with Crippen molar-refractivity contribution in [3.05, 3.63) is 47.3 Å². The number of nitrogens with zero attached hydrogens (tertiary/aromatic N) is 1. The molecule has 1 atom stereocenters. The van der Waals surface area contributed by atoms with E-state index in [0.717, 1.165) is 36.6 Å². The Labute approximate surface area is 132 Å². The Bertz CT molecular complexity index is 649. The molecule has 0 radical (unpaired) electrons. The molecule has 1 unspecified atom stereocenters. The molecule has 1 aliphatic heterocycles. The van der Waals surface area contributed by atoms with Gasteiger partial charge in [-0.05, 0) is 38.1 Å². The summed E-state index contributed by atoms with van der Waals surface area (Å²) in [6, 6.07) is 8.46. The van der Waals surface area contributed by atoms with E-state index in [9.17, 15) is 0 Å². The van der Waals surface area contributed by atoms with Crippen LogP contribution in [0.4, 0.5) is 0 Å². The van der Waals surface area contributed by atoms with Gasteiger partial charge in [0.05, 0.1) is 6.61 Å². The van der Waals surface area contributed by atoms with Crippen molar-refractivity contribution >= 4 is 0 Å². The normalized spacial score (nSPS) is 16.4. The number of benzene rings is 1. The predicted molar refractivity (Wildman–Crippen MR) is 87.4 cm³/mol. The molecular weight excluding hydrogens is 276 g/mol. The largest absolute Gasteiger partial charge is 0.494 e. The van der Waals surface area contributed by atoms with E-state index in [-0.39, 0.29) is 6.10 Å². The molecule has 0 spiro atoms. The number of hydrogen-bond donors (Lipinski definition) is 1. The number of nitrogens with one attached hydrogen (secondary N) is 1. The first-order valence-corrected chi connectivity index (χ1v) is 7.93. The molecule has 0 saturated heterocycles. The number of rotatable bonds is 6. The molecule has 2 heterocycles. The van der Waals surface area contributed by atoms with E-state index in [4.69, 9.17) is 9.47 Å². The van der Waals surface area contributed by atoms with Gasteiger partial charge in [0.2, 0.25) is 0 Å². The van der Waals surface area contributed by atoms with Crippen molar-refractivity contribution in [2.75, 3.05) is 6.61 Å². The van der Waals surface area contributed by atoms with Gasteiger partial charge in [-0.3, -0.25) is 0 Å². The monoisotopic (exact) mass is 300 g/mol. The highest BCUT2D eigenvalue weighted by Gasteiger charge is 2.21. The quantitative estimate of drug-likeness (QED) is 0.890. The van der Waals surface area contributed by atoms with Crippen LogP contribution >= 0.6 is 0 Å². The number of ether oxygens (including phenoxy) is 2. The molecule has 0 amide bonds. The number of fused-ring (bicyclic) bond motifs is 1. The fourth-order valence-electron chi connectivity index (χ4n) is 2.91. The molecule has 1 aromatic carbocycles. The van der Waals surface area contributed by atoms with Crippen molar-refractivity contribution in [2.24, 2.45) is 7.05 Å². The highest BCUT2D eigenvalue weighted by molar-refractivity contribution is 5.48. The maximum Gasteiger partial charge on any atom is 0.124 e. The van der Waals surface area contributed by atoms with Gasteiger partial charge in [0, 0.05) is 49.6 Å². The summed E-state index contributed by atoms with van der Waals surface area (Å²) in [5, 5.41) is 3.49. The predicted octanol–water partition coefficient (Wildman–Crippen LogP) is 3.04. The Kier molecular flexibility index (Phi) is 4.39. The minimum atomic E-state index is 0.260. The Morgan fingerprint density at radius 2 is 2.23 bits per heavy atom. The summed E-state index contributed by atoms with van der Waals surface area (Å²) in [6.07, 6.45) is 3.29. The second kappa shape index (κ2) is 6.44. The van der Waals surface area contributed by atoms with Gasteiger partial charge in [-0.15, -0.1) is 0 Å². The van der Waals surface area contributed by atoms with Crippen molar-refractivity contribution in [2.45, 2.75) is 39.5 Å². The summed E-state index contributed by atoms with van der Waals surface area (Å²) >= 11 is 0. The Balaban J connectivity index is 1.72. The zero-order chi connectivity index (χ0) is 15.5. The number of aromatic nitrogens is 1. The van der Waals surface area contributed by atoms with Crippen LogP contribution in [0.15, 0.2) is 30.5 Å². The maximum absolute atomic E-state index is 5.86. The summed E-state index contributed by atoms with van der Waals surface area (Å²) in [4.78, 5) is 0. The van der Waals surface area contributed by atoms with Gasteiger partial charge in [-0.1, -0.05) is 0 Å². The molecular formula is C18H24N2O2. The summed E-state index contributed by atoms with van der Waals surface area (Å²) in [5.41, 5.74) is 3.68. The first-order chi connectivity index (χ1) is 10.7. The van der Waals surface area contributed by atoms with Crippen LogP contribution in [0.5, 0.6) is 11.5 Å². The minimum absolute atomic E-state index is 0.260. The smallest absolute Gasteiger partial charge is 0.124 e. The van der Waals surface area contributed by atoms with E-state index in [2.05, 4.69) is 54.3 Å². The molecule has 0 aliphatic carbocycles. The van der Waals surface area contributed by atoms with Crippen LogP contribution in [0.1, 0.15) is 30.7 Å². The van der Waals surface area contributed by atoms with Gasteiger partial charge in [0.25, 0.3) is 0 Å². The van der Waals surface area contributed by atoms with Crippen molar-refractivity contribution in [1.29, 1.82) is 0 Å². The van der Waals surface area contributed by atoms with E-state index >= 15 is 0 Å². The number of aryl methyl sites for hydroxylation is 1. The molecule has 1 aromatic heterocycles. The first kappa shape index (κ1) is 15.0. The summed E-state index contributed by atoms with van der Waals surface area (Å²) in [6.45, 7) is 6.41. The third-order valence-electron chi connectivity index (χ3n) is 4.05.